The van der Waals surface area contributed by atoms with Crippen LogP contribution < -0.4 is 10.1 Å². The molecule has 3 unspecified atom stereocenters. The summed E-state index contributed by atoms with van der Waals surface area (Å²) >= 11 is 0. The molecular formula is C30H40N2O8S. The van der Waals surface area contributed by atoms with Crippen molar-refractivity contribution in [3.8, 4) is 5.75 Å². The molecule has 2 saturated heterocycles. The van der Waals surface area contributed by atoms with Gasteiger partial charge in [-0.3, -0.25) is 0 Å². The molecule has 10 nitrogen and oxygen atoms in total. The van der Waals surface area contributed by atoms with Crippen LogP contribution in [0.2, 0.25) is 0 Å². The number of rotatable bonds is 12. The van der Waals surface area contributed by atoms with Crippen LogP contribution in [0.4, 0.5) is 4.79 Å². The molecule has 0 radical (unpaired) electrons. The van der Waals surface area contributed by atoms with E-state index in [2.05, 4.69) is 5.32 Å². The third-order valence-corrected chi connectivity index (χ3v) is 10.0. The van der Waals surface area contributed by atoms with E-state index in [1.165, 1.54) is 23.5 Å². The number of nitrogens with zero attached hydrogens (tertiary/aromatic N) is 1. The number of hydrogen-bond donors (Lipinski definition) is 2. The number of alkyl carbamates (subject to hydrolysis) is 1. The zero-order valence-corrected chi connectivity index (χ0v) is 24.5. The van der Waals surface area contributed by atoms with E-state index in [-0.39, 0.29) is 36.3 Å². The molecule has 2 aromatic carbocycles. The van der Waals surface area contributed by atoms with Gasteiger partial charge in [0.1, 0.15) is 11.9 Å². The minimum absolute atomic E-state index is 0.00146. The normalized spacial score (nSPS) is 26.6. The maximum Gasteiger partial charge on any atom is 0.407 e. The lowest BCUT2D eigenvalue weighted by atomic mass is 9.80. The standard InChI is InChI=1S/C30H40N2O8S/c1-19(2)16-32(41(35,36)23-11-9-22(37-3)10-12-23)17-26(33)25(13-20-7-5-4-6-8-20)31-30(34)40-27-14-21-18-38-29-24(21)15-28(27)39-29/h4-12,19,21,24-29,33H,13-18H2,1-3H3,(H,31,34)/t21-,24-,25+,26-,27?,28?,29?/m1/s1. The van der Waals surface area contributed by atoms with E-state index in [1.807, 2.05) is 44.2 Å². The third kappa shape index (κ3) is 6.86. The van der Waals surface area contributed by atoms with Crippen LogP contribution in [0.25, 0.3) is 0 Å². The Morgan fingerprint density at radius 1 is 1.10 bits per heavy atom. The number of methoxy groups -OCH3 is 1. The first-order chi connectivity index (χ1) is 19.6. The maximum absolute atomic E-state index is 13.6. The number of benzene rings is 2. The van der Waals surface area contributed by atoms with Crippen molar-refractivity contribution >= 4 is 16.1 Å². The first kappa shape index (κ1) is 29.8. The molecular weight excluding hydrogens is 548 g/mol. The van der Waals surface area contributed by atoms with Crippen molar-refractivity contribution in [2.24, 2.45) is 17.8 Å². The highest BCUT2D eigenvalue weighted by Gasteiger charge is 2.54. The molecule has 2 aromatic rings. The lowest BCUT2D eigenvalue weighted by Crippen LogP contribution is -2.52. The molecule has 3 fully saturated rings. The highest BCUT2D eigenvalue weighted by atomic mass is 32.2. The SMILES string of the molecule is COc1ccc(S(=O)(=O)N(CC(C)C)C[C@@H](O)[C@H](Cc2ccccc2)NC(=O)OC2C[C@@H]3COC4OC2C[C@@H]43)cc1. The molecule has 3 aliphatic rings. The van der Waals surface area contributed by atoms with Gasteiger partial charge in [-0.15, -0.1) is 0 Å². The number of amides is 1. The Labute approximate surface area is 242 Å². The fraction of sp³-hybridized carbons (Fsp3) is 0.567. The molecule has 224 valence electrons. The predicted octanol–water partition coefficient (Wildman–Crippen LogP) is 3.19. The van der Waals surface area contributed by atoms with Crippen LogP contribution >= 0.6 is 0 Å². The number of carbonyl (C=O) groups excluding carboxylic acids is 1. The van der Waals surface area contributed by atoms with E-state index in [1.54, 1.807) is 12.1 Å². The first-order valence-electron chi connectivity index (χ1n) is 14.2. The third-order valence-electron chi connectivity index (χ3n) is 8.17. The predicted molar refractivity (Wildman–Crippen MR) is 151 cm³/mol. The van der Waals surface area contributed by atoms with Gasteiger partial charge in [-0.05, 0) is 60.9 Å². The van der Waals surface area contributed by atoms with Gasteiger partial charge in [-0.2, -0.15) is 4.31 Å². The molecule has 7 atom stereocenters. The molecule has 1 aliphatic carbocycles. The van der Waals surface area contributed by atoms with Crippen molar-refractivity contribution < 1.29 is 37.3 Å². The molecule has 1 amide bonds. The first-order valence-corrected chi connectivity index (χ1v) is 15.7. The Morgan fingerprint density at radius 2 is 1.83 bits per heavy atom. The largest absolute Gasteiger partial charge is 0.497 e. The van der Waals surface area contributed by atoms with Crippen LogP contribution in [0.3, 0.4) is 0 Å². The molecule has 1 saturated carbocycles. The van der Waals surface area contributed by atoms with Gasteiger partial charge in [0.15, 0.2) is 6.29 Å². The maximum atomic E-state index is 13.6. The number of carbonyl (C=O) groups is 1. The quantitative estimate of drug-likeness (QED) is 0.388. The second kappa shape index (κ2) is 12.7. The van der Waals surface area contributed by atoms with E-state index in [9.17, 15) is 18.3 Å². The average molecular weight is 589 g/mol. The summed E-state index contributed by atoms with van der Waals surface area (Å²) in [5, 5.41) is 14.3. The minimum atomic E-state index is -3.94. The zero-order valence-electron chi connectivity index (χ0n) is 23.7. The molecule has 0 spiro atoms. The fourth-order valence-corrected chi connectivity index (χ4v) is 7.69. The Bertz CT molecular complexity index is 1270. The van der Waals surface area contributed by atoms with Crippen LogP contribution in [0, 0.1) is 17.8 Å². The van der Waals surface area contributed by atoms with Crippen LogP contribution in [-0.2, 0) is 30.7 Å². The lowest BCUT2D eigenvalue weighted by Gasteiger charge is -2.33. The topological polar surface area (TPSA) is 124 Å². The Kier molecular flexibility index (Phi) is 9.20. The summed E-state index contributed by atoms with van der Waals surface area (Å²) in [5.74, 6) is 1.20. The van der Waals surface area contributed by atoms with Crippen molar-refractivity contribution in [2.75, 3.05) is 26.8 Å². The number of ether oxygens (including phenoxy) is 4. The molecule has 2 bridgehead atoms. The molecule has 41 heavy (non-hydrogen) atoms. The van der Waals surface area contributed by atoms with Gasteiger partial charge < -0.3 is 29.4 Å². The van der Waals surface area contributed by atoms with Gasteiger partial charge in [0.25, 0.3) is 0 Å². The van der Waals surface area contributed by atoms with Crippen LogP contribution in [0.15, 0.2) is 59.5 Å². The number of sulfonamides is 1. The summed E-state index contributed by atoms with van der Waals surface area (Å²) in [6.07, 6.45) is -0.918. The Balaban J connectivity index is 1.31. The number of nitrogens with one attached hydrogen (secondary N) is 1. The van der Waals surface area contributed by atoms with Crippen molar-refractivity contribution in [2.45, 2.75) is 68.6 Å². The smallest absolute Gasteiger partial charge is 0.407 e. The summed E-state index contributed by atoms with van der Waals surface area (Å²) in [7, 11) is -2.43. The van der Waals surface area contributed by atoms with E-state index in [0.29, 0.717) is 37.0 Å². The summed E-state index contributed by atoms with van der Waals surface area (Å²) in [4.78, 5) is 13.3. The second-order valence-electron chi connectivity index (χ2n) is 11.6. The number of fused-ring (bicyclic) bond motifs is 1. The van der Waals surface area contributed by atoms with Crippen molar-refractivity contribution in [1.29, 1.82) is 0 Å². The molecule has 2 heterocycles. The van der Waals surface area contributed by atoms with Crippen molar-refractivity contribution in [3.05, 3.63) is 60.2 Å². The molecule has 11 heteroatoms. The van der Waals surface area contributed by atoms with E-state index >= 15 is 0 Å². The average Bonchev–Trinajstić information content (AvgIpc) is 3.51. The molecule has 0 aromatic heterocycles. The minimum Gasteiger partial charge on any atom is -0.497 e. The summed E-state index contributed by atoms with van der Waals surface area (Å²) < 4.78 is 51.2. The number of aliphatic hydroxyl groups excluding tert-OH is 1. The van der Waals surface area contributed by atoms with Gasteiger partial charge in [-0.25, -0.2) is 13.2 Å². The molecule has 2 N–H and O–H groups in total. The lowest BCUT2D eigenvalue weighted by molar-refractivity contribution is -0.147. The molecule has 5 rings (SSSR count). The summed E-state index contributed by atoms with van der Waals surface area (Å²) in [5.41, 5.74) is 0.888. The van der Waals surface area contributed by atoms with Gasteiger partial charge >= 0.3 is 6.09 Å². The van der Waals surface area contributed by atoms with Gasteiger partial charge in [-0.1, -0.05) is 44.2 Å². The van der Waals surface area contributed by atoms with Gasteiger partial charge in [0.2, 0.25) is 10.0 Å². The van der Waals surface area contributed by atoms with Gasteiger partial charge in [0, 0.05) is 19.0 Å². The van der Waals surface area contributed by atoms with Crippen molar-refractivity contribution in [1.82, 2.24) is 9.62 Å². The van der Waals surface area contributed by atoms with Crippen molar-refractivity contribution in [3.63, 3.8) is 0 Å². The summed E-state index contributed by atoms with van der Waals surface area (Å²) in [6, 6.07) is 14.8. The Morgan fingerprint density at radius 3 is 2.51 bits per heavy atom. The highest BCUT2D eigenvalue weighted by molar-refractivity contribution is 7.89. The van der Waals surface area contributed by atoms with Gasteiger partial charge in [0.05, 0.1) is 36.9 Å². The fourth-order valence-electron chi connectivity index (χ4n) is 6.07. The second-order valence-corrected chi connectivity index (χ2v) is 13.6. The van der Waals surface area contributed by atoms with Crippen LogP contribution in [-0.4, -0.2) is 81.4 Å². The van der Waals surface area contributed by atoms with Crippen LogP contribution in [0.5, 0.6) is 5.75 Å². The highest BCUT2D eigenvalue weighted by Crippen LogP contribution is 2.47. The number of aliphatic hydroxyl groups is 1. The van der Waals surface area contributed by atoms with E-state index < -0.39 is 34.4 Å². The number of hydrogen-bond acceptors (Lipinski definition) is 8. The van der Waals surface area contributed by atoms with Crippen LogP contribution in [0.1, 0.15) is 32.3 Å². The monoisotopic (exact) mass is 588 g/mol. The molecule has 2 aliphatic heterocycles. The summed E-state index contributed by atoms with van der Waals surface area (Å²) in [6.45, 7) is 4.42. The zero-order chi connectivity index (χ0) is 29.1. The van der Waals surface area contributed by atoms with E-state index in [4.69, 9.17) is 18.9 Å². The Hall–Kier alpha value is -2.70. The van der Waals surface area contributed by atoms with E-state index in [0.717, 1.165) is 12.0 Å².